The summed E-state index contributed by atoms with van der Waals surface area (Å²) in [5.41, 5.74) is 2.32. The van der Waals surface area contributed by atoms with Crippen molar-refractivity contribution in [2.24, 2.45) is 0 Å². The first-order chi connectivity index (χ1) is 10.6. The molecule has 0 spiro atoms. The van der Waals surface area contributed by atoms with Crippen LogP contribution in [0.5, 0.6) is 5.75 Å². The van der Waals surface area contributed by atoms with Crippen molar-refractivity contribution in [3.8, 4) is 5.75 Å². The van der Waals surface area contributed by atoms with E-state index in [1.165, 1.54) is 18.4 Å². The zero-order valence-corrected chi connectivity index (χ0v) is 13.5. The molecule has 1 aromatic carbocycles. The summed E-state index contributed by atoms with van der Waals surface area (Å²) >= 11 is 0. The number of ether oxygens (including phenoxy) is 1. The van der Waals surface area contributed by atoms with Gasteiger partial charge in [0.1, 0.15) is 5.75 Å². The lowest BCUT2D eigenvalue weighted by molar-refractivity contribution is -0.137. The van der Waals surface area contributed by atoms with Gasteiger partial charge < -0.3 is 15.2 Å². The quantitative estimate of drug-likeness (QED) is 0.694. The number of nitrogens with zero attached hydrogens (tertiary/aromatic N) is 1. The Hall–Kier alpha value is -1.59. The molecule has 0 radical (unpaired) electrons. The summed E-state index contributed by atoms with van der Waals surface area (Å²) in [6.45, 7) is 5.04. The smallest absolute Gasteiger partial charge is 0.304 e. The topological polar surface area (TPSA) is 61.8 Å². The molecule has 5 nitrogen and oxygen atoms in total. The molecule has 0 unspecified atom stereocenters. The van der Waals surface area contributed by atoms with Crippen LogP contribution in [0.3, 0.4) is 0 Å². The van der Waals surface area contributed by atoms with E-state index in [2.05, 4.69) is 28.4 Å². The molecule has 0 heterocycles. The number of benzene rings is 1. The molecular weight excluding hydrogens is 280 g/mol. The average molecular weight is 306 g/mol. The number of nitrogens with one attached hydrogen (secondary N) is 1. The van der Waals surface area contributed by atoms with Crippen molar-refractivity contribution >= 4 is 5.97 Å². The van der Waals surface area contributed by atoms with E-state index in [9.17, 15) is 4.79 Å². The van der Waals surface area contributed by atoms with Crippen LogP contribution >= 0.6 is 0 Å². The van der Waals surface area contributed by atoms with Crippen LogP contribution in [0.25, 0.3) is 0 Å². The van der Waals surface area contributed by atoms with Crippen LogP contribution in [0.4, 0.5) is 0 Å². The van der Waals surface area contributed by atoms with Crippen molar-refractivity contribution in [3.63, 3.8) is 0 Å². The van der Waals surface area contributed by atoms with E-state index in [1.54, 1.807) is 7.11 Å². The van der Waals surface area contributed by atoms with Gasteiger partial charge in [-0.05, 0) is 31.0 Å². The van der Waals surface area contributed by atoms with Gasteiger partial charge in [-0.2, -0.15) is 0 Å². The first kappa shape index (κ1) is 16.8. The van der Waals surface area contributed by atoms with Crippen LogP contribution in [0, 0.1) is 0 Å². The first-order valence-electron chi connectivity index (χ1n) is 7.95. The van der Waals surface area contributed by atoms with Gasteiger partial charge in [-0.3, -0.25) is 9.69 Å². The van der Waals surface area contributed by atoms with Crippen molar-refractivity contribution in [1.29, 1.82) is 0 Å². The zero-order chi connectivity index (χ0) is 15.9. The number of carboxylic acid groups (broad SMARTS) is 1. The Bertz CT molecular complexity index is 501. The Morgan fingerprint density at radius 3 is 2.82 bits per heavy atom. The number of aliphatic carboxylic acids is 1. The summed E-state index contributed by atoms with van der Waals surface area (Å²) in [4.78, 5) is 12.8. The second kappa shape index (κ2) is 8.15. The van der Waals surface area contributed by atoms with Gasteiger partial charge in [0.2, 0.25) is 0 Å². The SMILES string of the molecule is CCN(CCC(=O)O)Cc1ccc(CNC2CC2)c(OC)c1. The van der Waals surface area contributed by atoms with E-state index in [0.29, 0.717) is 12.6 Å². The third kappa shape index (κ3) is 5.31. The van der Waals surface area contributed by atoms with Crippen molar-refractivity contribution < 1.29 is 14.6 Å². The third-order valence-electron chi connectivity index (χ3n) is 4.01. The highest BCUT2D eigenvalue weighted by molar-refractivity contribution is 5.66. The Labute approximate surface area is 132 Å². The molecule has 0 saturated heterocycles. The number of hydrogen-bond donors (Lipinski definition) is 2. The van der Waals surface area contributed by atoms with Crippen molar-refractivity contribution in [2.45, 2.75) is 45.3 Å². The molecular formula is C17H26N2O3. The van der Waals surface area contributed by atoms with Gasteiger partial charge in [0.15, 0.2) is 0 Å². The number of hydrogen-bond acceptors (Lipinski definition) is 4. The fourth-order valence-electron chi connectivity index (χ4n) is 2.44. The summed E-state index contributed by atoms with van der Waals surface area (Å²) in [6.07, 6.45) is 2.72. The molecule has 0 aliphatic heterocycles. The largest absolute Gasteiger partial charge is 0.496 e. The molecule has 0 amide bonds. The van der Waals surface area contributed by atoms with E-state index in [4.69, 9.17) is 9.84 Å². The van der Waals surface area contributed by atoms with Gasteiger partial charge in [0, 0.05) is 31.2 Å². The fraction of sp³-hybridized carbons (Fsp3) is 0.588. The Kier molecular flexibility index (Phi) is 6.21. The maximum Gasteiger partial charge on any atom is 0.304 e. The first-order valence-corrected chi connectivity index (χ1v) is 7.95. The molecule has 22 heavy (non-hydrogen) atoms. The summed E-state index contributed by atoms with van der Waals surface area (Å²) < 4.78 is 5.50. The number of carbonyl (C=O) groups is 1. The van der Waals surface area contributed by atoms with Gasteiger partial charge >= 0.3 is 5.97 Å². The van der Waals surface area contributed by atoms with Crippen LogP contribution in [0.1, 0.15) is 37.3 Å². The molecule has 0 atom stereocenters. The number of carboxylic acids is 1. The van der Waals surface area contributed by atoms with Gasteiger partial charge in [-0.1, -0.05) is 19.1 Å². The molecule has 1 fully saturated rings. The standard InChI is InChI=1S/C17H26N2O3/c1-3-19(9-8-17(20)21)12-13-4-5-14(16(10-13)22-2)11-18-15-6-7-15/h4-5,10,15,18H,3,6-9,11-12H2,1-2H3,(H,20,21). The molecule has 0 bridgehead atoms. The van der Waals surface area contributed by atoms with E-state index in [0.717, 1.165) is 30.9 Å². The lowest BCUT2D eigenvalue weighted by atomic mass is 10.1. The summed E-state index contributed by atoms with van der Waals surface area (Å²) in [6, 6.07) is 6.95. The second-order valence-electron chi connectivity index (χ2n) is 5.81. The molecule has 5 heteroatoms. The minimum atomic E-state index is -0.752. The van der Waals surface area contributed by atoms with Gasteiger partial charge in [-0.15, -0.1) is 0 Å². The van der Waals surface area contributed by atoms with Crippen LogP contribution < -0.4 is 10.1 Å². The van der Waals surface area contributed by atoms with Crippen LogP contribution in [-0.4, -0.2) is 42.2 Å². The zero-order valence-electron chi connectivity index (χ0n) is 13.5. The number of methoxy groups -OCH3 is 1. The summed E-state index contributed by atoms with van der Waals surface area (Å²) in [7, 11) is 1.70. The second-order valence-corrected chi connectivity index (χ2v) is 5.81. The summed E-state index contributed by atoms with van der Waals surface area (Å²) in [5.74, 6) is 0.150. The molecule has 2 rings (SSSR count). The highest BCUT2D eigenvalue weighted by atomic mass is 16.5. The van der Waals surface area contributed by atoms with Gasteiger partial charge in [-0.25, -0.2) is 0 Å². The van der Waals surface area contributed by atoms with Gasteiger partial charge in [0.05, 0.1) is 13.5 Å². The van der Waals surface area contributed by atoms with Crippen molar-refractivity contribution in [1.82, 2.24) is 10.2 Å². The minimum absolute atomic E-state index is 0.175. The predicted molar refractivity (Wildman–Crippen MR) is 86.1 cm³/mol. The van der Waals surface area contributed by atoms with Crippen molar-refractivity contribution in [3.05, 3.63) is 29.3 Å². The normalized spacial score (nSPS) is 14.3. The van der Waals surface area contributed by atoms with E-state index in [1.807, 2.05) is 6.92 Å². The predicted octanol–water partition coefficient (Wildman–Crippen LogP) is 2.24. The maximum atomic E-state index is 10.7. The highest BCUT2D eigenvalue weighted by Crippen LogP contribution is 2.24. The molecule has 1 aromatic rings. The maximum absolute atomic E-state index is 10.7. The minimum Gasteiger partial charge on any atom is -0.496 e. The molecule has 2 N–H and O–H groups in total. The molecule has 1 aliphatic carbocycles. The lowest BCUT2D eigenvalue weighted by Crippen LogP contribution is -2.25. The van der Waals surface area contributed by atoms with E-state index >= 15 is 0 Å². The summed E-state index contributed by atoms with van der Waals surface area (Å²) in [5, 5.41) is 12.3. The fourth-order valence-corrected chi connectivity index (χ4v) is 2.44. The van der Waals surface area contributed by atoms with Crippen molar-refractivity contribution in [2.75, 3.05) is 20.2 Å². The Morgan fingerprint density at radius 2 is 2.23 bits per heavy atom. The highest BCUT2D eigenvalue weighted by Gasteiger charge is 2.20. The Morgan fingerprint density at radius 1 is 1.45 bits per heavy atom. The van der Waals surface area contributed by atoms with Crippen LogP contribution in [0.15, 0.2) is 18.2 Å². The molecule has 1 aliphatic rings. The molecule has 0 aromatic heterocycles. The van der Waals surface area contributed by atoms with Gasteiger partial charge in [0.25, 0.3) is 0 Å². The van der Waals surface area contributed by atoms with E-state index in [-0.39, 0.29) is 6.42 Å². The van der Waals surface area contributed by atoms with Crippen LogP contribution in [0.2, 0.25) is 0 Å². The Balaban J connectivity index is 1.95. The molecule has 1 saturated carbocycles. The third-order valence-corrected chi connectivity index (χ3v) is 4.01. The number of rotatable bonds is 10. The average Bonchev–Trinajstić information content (AvgIpc) is 3.33. The molecule has 122 valence electrons. The van der Waals surface area contributed by atoms with E-state index < -0.39 is 5.97 Å². The lowest BCUT2D eigenvalue weighted by Gasteiger charge is -2.20. The van der Waals surface area contributed by atoms with Crippen LogP contribution in [-0.2, 0) is 17.9 Å². The monoisotopic (exact) mass is 306 g/mol.